The molecule has 0 radical (unpaired) electrons. The Bertz CT molecular complexity index is 1370. The van der Waals surface area contributed by atoms with E-state index in [4.69, 9.17) is 14.2 Å². The largest absolute Gasteiger partial charge is 0.462 e. The summed E-state index contributed by atoms with van der Waals surface area (Å²) in [5.74, 6) is -0.950. The van der Waals surface area contributed by atoms with E-state index in [-0.39, 0.29) is 37.5 Å². The minimum absolute atomic E-state index is 0.0969. The molecule has 6 nitrogen and oxygen atoms in total. The standard InChI is InChI=1S/C65H112O6/c1-4-7-10-13-16-19-22-24-26-28-29-30-31-32-33-34-35-37-38-40-43-46-49-52-55-58-64(67)70-61-62(60-69-63(66)57-54-51-48-45-42-21-18-15-12-9-6-3)71-65(68)59-56-53-50-47-44-41-39-36-27-25-23-20-17-14-11-8-5-2/h8,11,17,20,22,24-25,27-29,39,41,47,50,62H,4-7,9-10,12-16,18-19,21,23,26,30-38,40,42-46,48-49,51-61H2,1-3H3/b11-8-,20-17-,24-22-,27-25-,29-28-,41-39-,50-47-. The highest BCUT2D eigenvalue weighted by Gasteiger charge is 2.19. The molecule has 0 aromatic heterocycles. The van der Waals surface area contributed by atoms with Crippen LogP contribution < -0.4 is 0 Å². The number of rotatable bonds is 54. The molecule has 0 aliphatic rings. The van der Waals surface area contributed by atoms with Crippen molar-refractivity contribution >= 4 is 17.9 Å². The monoisotopic (exact) mass is 989 g/mol. The topological polar surface area (TPSA) is 78.9 Å². The fourth-order valence-corrected chi connectivity index (χ4v) is 8.39. The van der Waals surface area contributed by atoms with Crippen LogP contribution in [0.2, 0.25) is 0 Å². The lowest BCUT2D eigenvalue weighted by molar-refractivity contribution is -0.167. The first-order chi connectivity index (χ1) is 35.0. The van der Waals surface area contributed by atoms with E-state index in [0.717, 1.165) is 83.5 Å². The molecule has 0 aliphatic heterocycles. The minimum Gasteiger partial charge on any atom is -0.462 e. The van der Waals surface area contributed by atoms with Crippen LogP contribution in [0.1, 0.15) is 290 Å². The van der Waals surface area contributed by atoms with Crippen LogP contribution in [0.15, 0.2) is 85.1 Å². The molecule has 1 atom stereocenters. The van der Waals surface area contributed by atoms with Crippen molar-refractivity contribution < 1.29 is 28.6 Å². The van der Waals surface area contributed by atoms with E-state index in [1.165, 1.54) is 161 Å². The van der Waals surface area contributed by atoms with Gasteiger partial charge in [0.1, 0.15) is 13.2 Å². The maximum atomic E-state index is 12.8. The predicted molar refractivity (Wildman–Crippen MR) is 307 cm³/mol. The zero-order valence-electron chi connectivity index (χ0n) is 46.7. The molecule has 0 aromatic rings. The molecule has 0 rings (SSSR count). The first-order valence-corrected chi connectivity index (χ1v) is 30.1. The van der Waals surface area contributed by atoms with E-state index >= 15 is 0 Å². The fourth-order valence-electron chi connectivity index (χ4n) is 8.39. The van der Waals surface area contributed by atoms with E-state index in [0.29, 0.717) is 19.3 Å². The van der Waals surface area contributed by atoms with E-state index in [1.54, 1.807) is 0 Å². The first kappa shape index (κ1) is 67.6. The normalized spacial score (nSPS) is 12.7. The highest BCUT2D eigenvalue weighted by molar-refractivity contribution is 5.71. The Hall–Kier alpha value is -3.41. The van der Waals surface area contributed by atoms with Gasteiger partial charge in [0.2, 0.25) is 0 Å². The van der Waals surface area contributed by atoms with Crippen molar-refractivity contribution in [1.29, 1.82) is 0 Å². The SMILES string of the molecule is CC/C=C\C/C=C\C/C=C\C/C=C\C/C=C\CCCC(=O)OC(COC(=O)CCCCCCCCCCCCC)COC(=O)CCCCCCCCCCCCCCC/C=C\C/C=C\CCCCCCC. The molecule has 0 saturated carbocycles. The van der Waals surface area contributed by atoms with Gasteiger partial charge in [0.15, 0.2) is 6.10 Å². The molecule has 0 bridgehead atoms. The van der Waals surface area contributed by atoms with Crippen LogP contribution in [-0.2, 0) is 28.6 Å². The summed E-state index contributed by atoms with van der Waals surface area (Å²) in [7, 11) is 0. The van der Waals surface area contributed by atoms with Gasteiger partial charge in [0.05, 0.1) is 0 Å². The summed E-state index contributed by atoms with van der Waals surface area (Å²) >= 11 is 0. The van der Waals surface area contributed by atoms with Gasteiger partial charge in [-0.05, 0) is 89.9 Å². The lowest BCUT2D eigenvalue weighted by atomic mass is 10.0. The number of hydrogen-bond donors (Lipinski definition) is 0. The molecule has 71 heavy (non-hydrogen) atoms. The van der Waals surface area contributed by atoms with Crippen molar-refractivity contribution in [3.63, 3.8) is 0 Å². The average molecular weight is 990 g/mol. The minimum atomic E-state index is -0.805. The Kier molecular flexibility index (Phi) is 56.3. The second-order valence-corrected chi connectivity index (χ2v) is 19.9. The van der Waals surface area contributed by atoms with Gasteiger partial charge in [-0.2, -0.15) is 0 Å². The zero-order chi connectivity index (χ0) is 51.4. The van der Waals surface area contributed by atoms with Gasteiger partial charge in [-0.25, -0.2) is 0 Å². The van der Waals surface area contributed by atoms with Gasteiger partial charge >= 0.3 is 17.9 Å². The van der Waals surface area contributed by atoms with Crippen molar-refractivity contribution in [3.8, 4) is 0 Å². The second-order valence-electron chi connectivity index (χ2n) is 19.9. The van der Waals surface area contributed by atoms with Gasteiger partial charge in [-0.1, -0.05) is 266 Å². The summed E-state index contributed by atoms with van der Waals surface area (Å²) in [6.45, 7) is 6.48. The molecule has 0 heterocycles. The third-order valence-corrected chi connectivity index (χ3v) is 12.9. The van der Waals surface area contributed by atoms with Gasteiger partial charge in [0, 0.05) is 19.3 Å². The van der Waals surface area contributed by atoms with Gasteiger partial charge in [0.25, 0.3) is 0 Å². The average Bonchev–Trinajstić information content (AvgIpc) is 3.37. The number of ether oxygens (including phenoxy) is 3. The molecule has 0 fully saturated rings. The maximum Gasteiger partial charge on any atom is 0.306 e. The van der Waals surface area contributed by atoms with E-state index < -0.39 is 6.10 Å². The van der Waals surface area contributed by atoms with Crippen LogP contribution in [0, 0.1) is 0 Å². The zero-order valence-corrected chi connectivity index (χ0v) is 46.7. The van der Waals surface area contributed by atoms with Crippen LogP contribution in [0.4, 0.5) is 0 Å². The van der Waals surface area contributed by atoms with E-state index in [1.807, 2.05) is 0 Å². The Morgan fingerprint density at radius 2 is 0.563 bits per heavy atom. The van der Waals surface area contributed by atoms with E-state index in [2.05, 4.69) is 106 Å². The molecular formula is C65H112O6. The highest BCUT2D eigenvalue weighted by atomic mass is 16.6. The van der Waals surface area contributed by atoms with Crippen LogP contribution in [0.5, 0.6) is 0 Å². The second kappa shape index (κ2) is 59.2. The molecule has 6 heteroatoms. The van der Waals surface area contributed by atoms with Crippen molar-refractivity contribution in [2.45, 2.75) is 297 Å². The number of allylic oxidation sites excluding steroid dienone is 14. The van der Waals surface area contributed by atoms with Crippen LogP contribution >= 0.6 is 0 Å². The molecule has 0 aliphatic carbocycles. The lowest BCUT2D eigenvalue weighted by Gasteiger charge is -2.18. The van der Waals surface area contributed by atoms with Gasteiger partial charge in [-0.3, -0.25) is 14.4 Å². The molecular weight excluding hydrogens is 877 g/mol. The Balaban J connectivity index is 4.32. The summed E-state index contributed by atoms with van der Waals surface area (Å²) in [5.41, 5.74) is 0. The molecule has 0 amide bonds. The fraction of sp³-hybridized carbons (Fsp3) is 0.738. The Morgan fingerprint density at radius 3 is 0.901 bits per heavy atom. The molecule has 1 unspecified atom stereocenters. The number of unbranched alkanes of at least 4 members (excludes halogenated alkanes) is 29. The van der Waals surface area contributed by atoms with Crippen LogP contribution in [0.3, 0.4) is 0 Å². The van der Waals surface area contributed by atoms with Crippen molar-refractivity contribution in [1.82, 2.24) is 0 Å². The van der Waals surface area contributed by atoms with Gasteiger partial charge in [-0.15, -0.1) is 0 Å². The number of carbonyl (C=O) groups excluding carboxylic acids is 3. The summed E-state index contributed by atoms with van der Waals surface area (Å²) in [5, 5.41) is 0. The molecule has 0 spiro atoms. The molecule has 408 valence electrons. The maximum absolute atomic E-state index is 12.8. The summed E-state index contributed by atoms with van der Waals surface area (Å²) < 4.78 is 16.8. The lowest BCUT2D eigenvalue weighted by Crippen LogP contribution is -2.30. The third kappa shape index (κ3) is 57.4. The third-order valence-electron chi connectivity index (χ3n) is 12.9. The van der Waals surface area contributed by atoms with Crippen molar-refractivity contribution in [3.05, 3.63) is 85.1 Å². The van der Waals surface area contributed by atoms with Crippen LogP contribution in [-0.4, -0.2) is 37.2 Å². The molecule has 0 saturated heterocycles. The summed E-state index contributed by atoms with van der Waals surface area (Å²) in [6, 6.07) is 0. The molecule has 0 N–H and O–H groups in total. The first-order valence-electron chi connectivity index (χ1n) is 30.1. The highest BCUT2D eigenvalue weighted by Crippen LogP contribution is 2.16. The van der Waals surface area contributed by atoms with Crippen LogP contribution in [0.25, 0.3) is 0 Å². The summed E-state index contributed by atoms with van der Waals surface area (Å²) in [6.07, 6.45) is 77.4. The number of esters is 3. The number of hydrogen-bond acceptors (Lipinski definition) is 6. The van der Waals surface area contributed by atoms with Crippen molar-refractivity contribution in [2.75, 3.05) is 13.2 Å². The number of carbonyl (C=O) groups is 3. The van der Waals surface area contributed by atoms with E-state index in [9.17, 15) is 14.4 Å². The molecule has 0 aromatic carbocycles. The van der Waals surface area contributed by atoms with Gasteiger partial charge < -0.3 is 14.2 Å². The summed E-state index contributed by atoms with van der Waals surface area (Å²) in [4.78, 5) is 38.1. The Labute approximate surface area is 439 Å². The quantitative estimate of drug-likeness (QED) is 0.0261. The smallest absolute Gasteiger partial charge is 0.306 e. The van der Waals surface area contributed by atoms with Crippen molar-refractivity contribution in [2.24, 2.45) is 0 Å². The predicted octanol–water partition coefficient (Wildman–Crippen LogP) is 20.3. The Morgan fingerprint density at radius 1 is 0.296 bits per heavy atom.